The van der Waals surface area contributed by atoms with Crippen molar-refractivity contribution in [2.75, 3.05) is 4.90 Å². The molecule has 0 unspecified atom stereocenters. The molecule has 0 bridgehead atoms. The topological polar surface area (TPSA) is 34.5 Å². The first-order chi connectivity index (χ1) is 31.8. The van der Waals surface area contributed by atoms with Gasteiger partial charge in [0.05, 0.1) is 27.8 Å². The highest BCUT2D eigenvalue weighted by Gasteiger charge is 2.24. The Morgan fingerprint density at radius 3 is 1.55 bits per heavy atom. The van der Waals surface area contributed by atoms with Crippen molar-refractivity contribution in [3.8, 4) is 39.1 Å². The first-order valence-corrected chi connectivity index (χ1v) is 21.8. The van der Waals surface area contributed by atoms with Gasteiger partial charge in [0.2, 0.25) is 0 Å². The molecule has 10 aromatic carbocycles. The van der Waals surface area contributed by atoms with E-state index in [4.69, 9.17) is 8.83 Å². The van der Waals surface area contributed by atoms with E-state index in [0.717, 1.165) is 94.4 Å². The molecule has 4 heteroatoms. The van der Waals surface area contributed by atoms with E-state index in [9.17, 15) is 0 Å². The number of anilines is 3. The summed E-state index contributed by atoms with van der Waals surface area (Å²) in [5, 5.41) is 6.80. The summed E-state index contributed by atoms with van der Waals surface area (Å²) in [5.41, 5.74) is 16.6. The lowest BCUT2D eigenvalue weighted by molar-refractivity contribution is 0.669. The highest BCUT2D eigenvalue weighted by atomic mass is 16.3. The van der Waals surface area contributed by atoms with Gasteiger partial charge in [-0.15, -0.1) is 0 Å². The predicted molar refractivity (Wildman–Crippen MR) is 266 cm³/mol. The van der Waals surface area contributed by atoms with Crippen LogP contribution < -0.4 is 4.90 Å². The van der Waals surface area contributed by atoms with E-state index in [0.29, 0.717) is 0 Å². The molecule has 0 saturated carbocycles. The zero-order valence-electron chi connectivity index (χ0n) is 34.7. The van der Waals surface area contributed by atoms with E-state index in [1.54, 1.807) is 0 Å². The second kappa shape index (κ2) is 14.5. The summed E-state index contributed by atoms with van der Waals surface area (Å²) >= 11 is 0. The van der Waals surface area contributed by atoms with Crippen molar-refractivity contribution < 1.29 is 8.83 Å². The Kier molecular flexibility index (Phi) is 8.18. The number of nitrogens with zero attached hydrogens (tertiary/aromatic N) is 2. The molecule has 4 nitrogen and oxygen atoms in total. The highest BCUT2D eigenvalue weighted by Crippen LogP contribution is 2.48. The minimum atomic E-state index is 0.839. The van der Waals surface area contributed by atoms with Gasteiger partial charge in [0.15, 0.2) is 0 Å². The third kappa shape index (κ3) is 5.63. The largest absolute Gasteiger partial charge is 0.455 e. The van der Waals surface area contributed by atoms with Gasteiger partial charge in [-0.05, 0) is 83.4 Å². The van der Waals surface area contributed by atoms with Crippen molar-refractivity contribution in [2.24, 2.45) is 0 Å². The van der Waals surface area contributed by atoms with Crippen molar-refractivity contribution in [1.82, 2.24) is 4.57 Å². The van der Waals surface area contributed by atoms with Crippen LogP contribution in [0.4, 0.5) is 17.1 Å². The molecule has 300 valence electrons. The molecule has 0 fully saturated rings. The van der Waals surface area contributed by atoms with Crippen molar-refractivity contribution >= 4 is 82.7 Å². The molecule has 0 amide bonds. The first-order valence-electron chi connectivity index (χ1n) is 21.8. The van der Waals surface area contributed by atoms with Gasteiger partial charge >= 0.3 is 0 Å². The Morgan fingerprint density at radius 2 is 0.828 bits per heavy atom. The van der Waals surface area contributed by atoms with E-state index >= 15 is 0 Å². The summed E-state index contributed by atoms with van der Waals surface area (Å²) in [6.45, 7) is 0. The monoisotopic (exact) mass is 818 g/mol. The third-order valence-corrected chi connectivity index (χ3v) is 12.8. The Morgan fingerprint density at radius 1 is 0.312 bits per heavy atom. The van der Waals surface area contributed by atoms with Crippen molar-refractivity contribution in [1.29, 1.82) is 0 Å². The molecule has 0 aliphatic carbocycles. The molecule has 64 heavy (non-hydrogen) atoms. The lowest BCUT2D eigenvalue weighted by atomic mass is 9.97. The zero-order valence-corrected chi connectivity index (χ0v) is 34.7. The van der Waals surface area contributed by atoms with Crippen LogP contribution in [0.15, 0.2) is 239 Å². The van der Waals surface area contributed by atoms with E-state index in [1.165, 1.54) is 27.4 Å². The van der Waals surface area contributed by atoms with Crippen LogP contribution >= 0.6 is 0 Å². The standard InChI is InChI=1S/C60H38N2O2/c1-2-15-39(16-3-1)40-29-33-42(34-30-40)61(43-35-31-41(32-36-43)44-22-14-23-49-48-20-7-12-27-56(48)63-59(44)49)55-38-37-50(60-58(55)51-21-8-13-28-57(51)64-60)47-19-6-11-26-54(47)62-52-24-9-4-17-45(52)46-18-5-10-25-53(46)62/h1-38H. The Labute approximate surface area is 369 Å². The van der Waals surface area contributed by atoms with Crippen LogP contribution in [0, 0.1) is 0 Å². The minimum absolute atomic E-state index is 0.839. The summed E-state index contributed by atoms with van der Waals surface area (Å²) < 4.78 is 15.9. The number of para-hydroxylation sites is 6. The molecule has 0 atom stereocenters. The average molecular weight is 819 g/mol. The van der Waals surface area contributed by atoms with E-state index < -0.39 is 0 Å². The van der Waals surface area contributed by atoms with Gasteiger partial charge in [0, 0.05) is 55.0 Å². The smallest absolute Gasteiger partial charge is 0.145 e. The second-order valence-electron chi connectivity index (χ2n) is 16.4. The molecule has 13 aromatic rings. The molecule has 0 N–H and O–H groups in total. The van der Waals surface area contributed by atoms with Crippen LogP contribution in [-0.2, 0) is 0 Å². The van der Waals surface area contributed by atoms with Gasteiger partial charge in [-0.3, -0.25) is 0 Å². The predicted octanol–water partition coefficient (Wildman–Crippen LogP) is 17.1. The fourth-order valence-corrected chi connectivity index (χ4v) is 9.91. The van der Waals surface area contributed by atoms with Crippen LogP contribution in [0.2, 0.25) is 0 Å². The van der Waals surface area contributed by atoms with Gasteiger partial charge in [-0.2, -0.15) is 0 Å². The molecule has 0 aliphatic heterocycles. The molecular weight excluding hydrogens is 781 g/mol. The number of fused-ring (bicyclic) bond motifs is 9. The van der Waals surface area contributed by atoms with Crippen molar-refractivity contribution in [2.45, 2.75) is 0 Å². The number of furan rings is 2. The normalized spacial score (nSPS) is 11.8. The lowest BCUT2D eigenvalue weighted by Gasteiger charge is -2.27. The van der Waals surface area contributed by atoms with Crippen LogP contribution in [0.5, 0.6) is 0 Å². The van der Waals surface area contributed by atoms with E-state index in [1.807, 2.05) is 12.1 Å². The van der Waals surface area contributed by atoms with Crippen molar-refractivity contribution in [3.05, 3.63) is 231 Å². The Balaban J connectivity index is 1.02. The number of aromatic nitrogens is 1. The van der Waals surface area contributed by atoms with Crippen LogP contribution in [-0.4, -0.2) is 4.57 Å². The second-order valence-corrected chi connectivity index (χ2v) is 16.4. The number of rotatable bonds is 7. The van der Waals surface area contributed by atoms with E-state index in [2.05, 4.69) is 228 Å². The maximum atomic E-state index is 7.02. The Hall–Kier alpha value is -8.60. The van der Waals surface area contributed by atoms with Crippen LogP contribution in [0.1, 0.15) is 0 Å². The van der Waals surface area contributed by atoms with Crippen LogP contribution in [0.25, 0.3) is 105 Å². The van der Waals surface area contributed by atoms with E-state index in [-0.39, 0.29) is 0 Å². The summed E-state index contributed by atoms with van der Waals surface area (Å²) in [5.74, 6) is 0. The highest BCUT2D eigenvalue weighted by molar-refractivity contribution is 6.18. The number of hydrogen-bond donors (Lipinski definition) is 0. The van der Waals surface area contributed by atoms with Crippen LogP contribution in [0.3, 0.4) is 0 Å². The maximum Gasteiger partial charge on any atom is 0.145 e. The molecule has 0 aliphatic rings. The summed E-state index contributed by atoms with van der Waals surface area (Å²) in [7, 11) is 0. The van der Waals surface area contributed by atoms with Gasteiger partial charge in [0.1, 0.15) is 22.3 Å². The molecule has 3 heterocycles. The quantitative estimate of drug-likeness (QED) is 0.161. The fourth-order valence-electron chi connectivity index (χ4n) is 9.91. The maximum absolute atomic E-state index is 7.02. The SMILES string of the molecule is c1ccc(-c2ccc(N(c3ccc(-c4cccc5c4oc4ccccc45)cc3)c3ccc(-c4ccccc4-n4c5ccccc5c5ccccc54)c4oc5ccccc5c34)cc2)cc1. The average Bonchev–Trinajstić information content (AvgIpc) is 4.05. The Bertz CT molecular complexity index is 3840. The molecule has 0 spiro atoms. The molecule has 13 rings (SSSR count). The van der Waals surface area contributed by atoms with Gasteiger partial charge < -0.3 is 18.3 Å². The third-order valence-electron chi connectivity index (χ3n) is 12.8. The molecule has 0 saturated heterocycles. The molecule has 0 radical (unpaired) electrons. The number of hydrogen-bond acceptors (Lipinski definition) is 3. The van der Waals surface area contributed by atoms with Gasteiger partial charge in [-0.25, -0.2) is 0 Å². The first kappa shape index (κ1) is 36.1. The summed E-state index contributed by atoms with van der Waals surface area (Å²) in [4.78, 5) is 2.37. The molecule has 3 aromatic heterocycles. The summed E-state index contributed by atoms with van der Waals surface area (Å²) in [6.07, 6.45) is 0. The summed E-state index contributed by atoms with van der Waals surface area (Å²) in [6, 6.07) is 82.0. The number of benzene rings is 10. The van der Waals surface area contributed by atoms with Gasteiger partial charge in [-0.1, -0.05) is 164 Å². The zero-order chi connectivity index (χ0) is 42.1. The molecular formula is C60H38N2O2. The fraction of sp³-hybridized carbons (Fsp3) is 0. The lowest BCUT2D eigenvalue weighted by Crippen LogP contribution is -2.10. The van der Waals surface area contributed by atoms with Crippen molar-refractivity contribution in [3.63, 3.8) is 0 Å². The van der Waals surface area contributed by atoms with Gasteiger partial charge in [0.25, 0.3) is 0 Å². The minimum Gasteiger partial charge on any atom is -0.455 e.